The van der Waals surface area contributed by atoms with E-state index in [1.807, 2.05) is 37.4 Å². The van der Waals surface area contributed by atoms with E-state index in [2.05, 4.69) is 9.97 Å². The van der Waals surface area contributed by atoms with Crippen LogP contribution in [0.4, 0.5) is 5.69 Å². The Hall–Kier alpha value is -1.77. The van der Waals surface area contributed by atoms with Gasteiger partial charge in [0.25, 0.3) is 0 Å². The summed E-state index contributed by atoms with van der Waals surface area (Å²) in [7, 11) is 0. The first-order valence-corrected chi connectivity index (χ1v) is 4.13. The maximum absolute atomic E-state index is 5.66. The lowest BCUT2D eigenvalue weighted by Crippen LogP contribution is -1.86. The van der Waals surface area contributed by atoms with Crippen LogP contribution in [0.5, 0.6) is 0 Å². The highest BCUT2D eigenvalue weighted by atomic mass is 14.9. The molecule has 0 aliphatic heterocycles. The topological polar surface area (TPSA) is 54.7 Å². The van der Waals surface area contributed by atoms with Crippen molar-refractivity contribution in [2.24, 2.45) is 0 Å². The zero-order valence-corrected chi connectivity index (χ0v) is 7.41. The van der Waals surface area contributed by atoms with Gasteiger partial charge in [0.05, 0.1) is 5.69 Å². The molecule has 0 fully saturated rings. The van der Waals surface area contributed by atoms with Crippen LogP contribution in [0.2, 0.25) is 0 Å². The number of aromatic nitrogens is 2. The van der Waals surface area contributed by atoms with Crippen LogP contribution in [-0.2, 0) is 0 Å². The SMILES string of the molecule is Cc1c[nH]c(-c2cccc(N)c2)n1. The fourth-order valence-electron chi connectivity index (χ4n) is 1.25. The van der Waals surface area contributed by atoms with E-state index in [4.69, 9.17) is 5.73 Å². The zero-order valence-electron chi connectivity index (χ0n) is 7.41. The molecule has 0 amide bonds. The Labute approximate surface area is 76.6 Å². The number of nitrogen functional groups attached to an aromatic ring is 1. The Morgan fingerprint density at radius 1 is 1.38 bits per heavy atom. The molecule has 1 aromatic heterocycles. The predicted molar refractivity (Wildman–Crippen MR) is 53.2 cm³/mol. The fraction of sp³-hybridized carbons (Fsp3) is 0.100. The fourth-order valence-corrected chi connectivity index (χ4v) is 1.25. The minimum Gasteiger partial charge on any atom is -0.399 e. The molecular formula is C10H11N3. The van der Waals surface area contributed by atoms with Gasteiger partial charge in [0.15, 0.2) is 0 Å². The molecule has 2 rings (SSSR count). The minimum atomic E-state index is 0.756. The van der Waals surface area contributed by atoms with Gasteiger partial charge >= 0.3 is 0 Å². The van der Waals surface area contributed by atoms with E-state index in [1.54, 1.807) is 0 Å². The molecule has 3 nitrogen and oxygen atoms in total. The van der Waals surface area contributed by atoms with Crippen LogP contribution in [0.25, 0.3) is 11.4 Å². The molecule has 0 unspecified atom stereocenters. The van der Waals surface area contributed by atoms with Gasteiger partial charge in [-0.1, -0.05) is 12.1 Å². The van der Waals surface area contributed by atoms with E-state index in [-0.39, 0.29) is 0 Å². The van der Waals surface area contributed by atoms with Crippen molar-refractivity contribution in [1.29, 1.82) is 0 Å². The lowest BCUT2D eigenvalue weighted by Gasteiger charge is -1.97. The number of hydrogen-bond acceptors (Lipinski definition) is 2. The van der Waals surface area contributed by atoms with Gasteiger partial charge < -0.3 is 10.7 Å². The molecular weight excluding hydrogens is 162 g/mol. The first-order chi connectivity index (χ1) is 6.25. The monoisotopic (exact) mass is 173 g/mol. The Bertz CT molecular complexity index is 418. The van der Waals surface area contributed by atoms with Gasteiger partial charge in [0.2, 0.25) is 0 Å². The van der Waals surface area contributed by atoms with E-state index in [1.165, 1.54) is 0 Å². The molecule has 0 atom stereocenters. The van der Waals surface area contributed by atoms with Crippen LogP contribution in [0.3, 0.4) is 0 Å². The van der Waals surface area contributed by atoms with Crippen LogP contribution in [0, 0.1) is 6.92 Å². The lowest BCUT2D eigenvalue weighted by molar-refractivity contribution is 1.26. The van der Waals surface area contributed by atoms with Crippen LogP contribution in [0.15, 0.2) is 30.5 Å². The summed E-state index contributed by atoms with van der Waals surface area (Å²) >= 11 is 0. The van der Waals surface area contributed by atoms with E-state index in [0.717, 1.165) is 22.8 Å². The number of imidazole rings is 1. The largest absolute Gasteiger partial charge is 0.399 e. The normalized spacial score (nSPS) is 10.2. The molecule has 0 aliphatic rings. The molecule has 1 aromatic carbocycles. The second kappa shape index (κ2) is 2.94. The van der Waals surface area contributed by atoms with Crippen molar-refractivity contribution in [2.45, 2.75) is 6.92 Å². The second-order valence-electron chi connectivity index (χ2n) is 3.02. The first-order valence-electron chi connectivity index (χ1n) is 4.13. The third kappa shape index (κ3) is 1.54. The number of hydrogen-bond donors (Lipinski definition) is 2. The molecule has 3 N–H and O–H groups in total. The third-order valence-electron chi connectivity index (χ3n) is 1.87. The number of nitrogens with two attached hydrogens (primary N) is 1. The Kier molecular flexibility index (Phi) is 1.77. The van der Waals surface area contributed by atoms with Gasteiger partial charge in [-0.05, 0) is 19.1 Å². The highest BCUT2D eigenvalue weighted by Crippen LogP contribution is 2.17. The van der Waals surface area contributed by atoms with Gasteiger partial charge in [-0.15, -0.1) is 0 Å². The molecule has 0 radical (unpaired) electrons. The number of rotatable bonds is 1. The van der Waals surface area contributed by atoms with Crippen LogP contribution in [0.1, 0.15) is 5.69 Å². The summed E-state index contributed by atoms with van der Waals surface area (Å²) < 4.78 is 0. The first kappa shape index (κ1) is 7.86. The van der Waals surface area contributed by atoms with Gasteiger partial charge in [0.1, 0.15) is 5.82 Å². The summed E-state index contributed by atoms with van der Waals surface area (Å²) in [4.78, 5) is 7.39. The Morgan fingerprint density at radius 2 is 2.23 bits per heavy atom. The second-order valence-corrected chi connectivity index (χ2v) is 3.02. The molecule has 0 saturated heterocycles. The van der Waals surface area contributed by atoms with Crippen molar-refractivity contribution in [3.05, 3.63) is 36.2 Å². The maximum Gasteiger partial charge on any atom is 0.137 e. The summed E-state index contributed by atoms with van der Waals surface area (Å²) in [5.41, 5.74) is 8.42. The maximum atomic E-state index is 5.66. The molecule has 0 bridgehead atoms. The number of nitrogens with zero attached hydrogens (tertiary/aromatic N) is 1. The number of anilines is 1. The summed E-state index contributed by atoms with van der Waals surface area (Å²) in [5.74, 6) is 0.866. The van der Waals surface area contributed by atoms with Crippen molar-refractivity contribution in [2.75, 3.05) is 5.73 Å². The molecule has 3 heteroatoms. The average Bonchev–Trinajstić information content (AvgIpc) is 2.52. The summed E-state index contributed by atoms with van der Waals surface area (Å²) in [6.45, 7) is 1.95. The van der Waals surface area contributed by atoms with Crippen LogP contribution in [-0.4, -0.2) is 9.97 Å². The molecule has 1 heterocycles. The highest BCUT2D eigenvalue weighted by molar-refractivity contribution is 5.61. The van der Waals surface area contributed by atoms with Gasteiger partial charge in [0, 0.05) is 17.4 Å². The van der Waals surface area contributed by atoms with Crippen molar-refractivity contribution >= 4 is 5.69 Å². The predicted octanol–water partition coefficient (Wildman–Crippen LogP) is 1.97. The minimum absolute atomic E-state index is 0.756. The average molecular weight is 173 g/mol. The van der Waals surface area contributed by atoms with Crippen molar-refractivity contribution in [1.82, 2.24) is 9.97 Å². The number of H-pyrrole nitrogens is 1. The van der Waals surface area contributed by atoms with Gasteiger partial charge in [-0.2, -0.15) is 0 Å². The number of aryl methyl sites for hydroxylation is 1. The summed E-state index contributed by atoms with van der Waals surface area (Å²) in [6, 6.07) is 7.66. The standard InChI is InChI=1S/C10H11N3/c1-7-6-12-10(13-7)8-3-2-4-9(11)5-8/h2-6H,11H2,1H3,(H,12,13). The van der Waals surface area contributed by atoms with Crippen molar-refractivity contribution in [3.8, 4) is 11.4 Å². The molecule has 66 valence electrons. The van der Waals surface area contributed by atoms with Crippen molar-refractivity contribution in [3.63, 3.8) is 0 Å². The van der Waals surface area contributed by atoms with E-state index in [0.29, 0.717) is 0 Å². The molecule has 0 saturated carbocycles. The van der Waals surface area contributed by atoms with Crippen LogP contribution >= 0.6 is 0 Å². The number of benzene rings is 1. The summed E-state index contributed by atoms with van der Waals surface area (Å²) in [5, 5.41) is 0. The van der Waals surface area contributed by atoms with E-state index < -0.39 is 0 Å². The lowest BCUT2D eigenvalue weighted by atomic mass is 10.2. The Morgan fingerprint density at radius 3 is 2.85 bits per heavy atom. The summed E-state index contributed by atoms with van der Waals surface area (Å²) in [6.07, 6.45) is 1.87. The highest BCUT2D eigenvalue weighted by Gasteiger charge is 2.00. The zero-order chi connectivity index (χ0) is 9.26. The van der Waals surface area contributed by atoms with Gasteiger partial charge in [-0.25, -0.2) is 4.98 Å². The third-order valence-corrected chi connectivity index (χ3v) is 1.87. The van der Waals surface area contributed by atoms with E-state index in [9.17, 15) is 0 Å². The number of nitrogens with one attached hydrogen (secondary N) is 1. The smallest absolute Gasteiger partial charge is 0.137 e. The van der Waals surface area contributed by atoms with Crippen molar-refractivity contribution < 1.29 is 0 Å². The molecule has 0 aliphatic carbocycles. The molecule has 13 heavy (non-hydrogen) atoms. The number of aromatic amines is 1. The quantitative estimate of drug-likeness (QED) is 0.648. The molecule has 2 aromatic rings. The van der Waals surface area contributed by atoms with Crippen LogP contribution < -0.4 is 5.73 Å². The van der Waals surface area contributed by atoms with Gasteiger partial charge in [-0.3, -0.25) is 0 Å². The molecule has 0 spiro atoms. The van der Waals surface area contributed by atoms with E-state index >= 15 is 0 Å². The Balaban J connectivity index is 2.46.